The van der Waals surface area contributed by atoms with E-state index in [1.54, 1.807) is 0 Å². The maximum atomic E-state index is 12.7. The minimum atomic E-state index is -1.51. The number of aliphatic carboxylic acids is 1. The van der Waals surface area contributed by atoms with E-state index in [1.165, 1.54) is 51.4 Å². The molecule has 0 saturated carbocycles. The van der Waals surface area contributed by atoms with Crippen LogP contribution in [0.3, 0.4) is 0 Å². The summed E-state index contributed by atoms with van der Waals surface area (Å²) < 4.78 is 22.6. The second-order valence-corrected chi connectivity index (χ2v) is 14.2. The Bertz CT molecular complexity index is 924. The van der Waals surface area contributed by atoms with Gasteiger partial charge in [-0.1, -0.05) is 127 Å². The van der Waals surface area contributed by atoms with Crippen molar-refractivity contribution >= 4 is 17.9 Å². The van der Waals surface area contributed by atoms with Crippen LogP contribution in [-0.4, -0.2) is 87.4 Å². The van der Waals surface area contributed by atoms with Crippen LogP contribution >= 0.6 is 0 Å². The molecule has 2 atom stereocenters. The zero-order valence-corrected chi connectivity index (χ0v) is 32.5. The highest BCUT2D eigenvalue weighted by molar-refractivity contribution is 5.71. The van der Waals surface area contributed by atoms with Crippen molar-refractivity contribution in [3.8, 4) is 0 Å². The number of likely N-dealkylation sites (N-methyl/N-ethyl adjacent to an activating group) is 1. The molecule has 0 heterocycles. The molecule has 0 amide bonds. The lowest BCUT2D eigenvalue weighted by Gasteiger charge is -2.25. The number of esters is 2. The fourth-order valence-electron chi connectivity index (χ4n) is 5.08. The molecule has 0 aromatic heterocycles. The van der Waals surface area contributed by atoms with Crippen molar-refractivity contribution in [2.24, 2.45) is 0 Å². The maximum Gasteiger partial charge on any atom is 0.361 e. The van der Waals surface area contributed by atoms with Gasteiger partial charge in [0.05, 0.1) is 34.4 Å². The monoisotopic (exact) mass is 709 g/mol. The van der Waals surface area contributed by atoms with E-state index < -0.39 is 24.3 Å². The predicted octanol–water partition coefficient (Wildman–Crippen LogP) is 9.49. The fourth-order valence-corrected chi connectivity index (χ4v) is 5.08. The van der Waals surface area contributed by atoms with E-state index in [1.807, 2.05) is 21.1 Å². The Hall–Kier alpha value is -2.49. The Morgan fingerprint density at radius 1 is 0.620 bits per heavy atom. The normalized spacial score (nSPS) is 13.4. The van der Waals surface area contributed by atoms with Gasteiger partial charge in [-0.25, -0.2) is 4.79 Å². The highest BCUT2D eigenvalue weighted by atomic mass is 16.7. The molecule has 50 heavy (non-hydrogen) atoms. The smallest absolute Gasteiger partial charge is 0.361 e. The Morgan fingerprint density at radius 2 is 1.14 bits per heavy atom. The Kier molecular flexibility index (Phi) is 32.0. The quantitative estimate of drug-likeness (QED) is 0.0228. The molecule has 0 aliphatic rings. The van der Waals surface area contributed by atoms with Crippen molar-refractivity contribution in [1.29, 1.82) is 0 Å². The van der Waals surface area contributed by atoms with Gasteiger partial charge in [-0.05, 0) is 44.9 Å². The van der Waals surface area contributed by atoms with Crippen LogP contribution in [0.2, 0.25) is 0 Å². The summed E-state index contributed by atoms with van der Waals surface area (Å²) in [6.45, 7) is 4.69. The van der Waals surface area contributed by atoms with Crippen LogP contribution in [0, 0.1) is 0 Å². The van der Waals surface area contributed by atoms with Gasteiger partial charge in [0.25, 0.3) is 6.29 Å². The number of ether oxygens (including phenoxy) is 4. The standard InChI is InChI=1S/C41H73NO8/c1-6-8-10-12-14-16-17-18-19-20-21-22-23-24-26-28-30-32-39(44)50-37(36-49-41(40(45)46)47-34-33-42(3,4)5)35-48-38(43)31-29-27-25-15-13-11-9-7-2/h8,10,14,16,18-19,37,41H,6-7,9,11-13,15,17,20-36H2,1-5H3/p+1/b10-8-,16-14-,19-18-. The van der Waals surface area contributed by atoms with Crippen LogP contribution in [-0.2, 0) is 33.3 Å². The molecule has 0 spiro atoms. The summed E-state index contributed by atoms with van der Waals surface area (Å²) >= 11 is 0. The third-order valence-electron chi connectivity index (χ3n) is 8.16. The Morgan fingerprint density at radius 3 is 1.70 bits per heavy atom. The first-order chi connectivity index (χ1) is 24.1. The van der Waals surface area contributed by atoms with Crippen molar-refractivity contribution in [1.82, 2.24) is 0 Å². The molecule has 0 aromatic carbocycles. The number of carbonyl (C=O) groups excluding carboxylic acids is 2. The average Bonchev–Trinajstić information content (AvgIpc) is 3.06. The first-order valence-corrected chi connectivity index (χ1v) is 19.7. The number of rotatable bonds is 35. The van der Waals surface area contributed by atoms with Crippen molar-refractivity contribution in [3.63, 3.8) is 0 Å². The van der Waals surface area contributed by atoms with Gasteiger partial charge in [-0.2, -0.15) is 0 Å². The van der Waals surface area contributed by atoms with E-state index in [2.05, 4.69) is 50.3 Å². The molecule has 0 aliphatic heterocycles. The van der Waals surface area contributed by atoms with Gasteiger partial charge >= 0.3 is 17.9 Å². The molecule has 0 fully saturated rings. The predicted molar refractivity (Wildman–Crippen MR) is 203 cm³/mol. The summed E-state index contributed by atoms with van der Waals surface area (Å²) in [4.78, 5) is 36.8. The summed E-state index contributed by atoms with van der Waals surface area (Å²) in [6, 6.07) is 0. The number of quaternary nitrogens is 1. The van der Waals surface area contributed by atoms with Crippen molar-refractivity contribution in [3.05, 3.63) is 36.5 Å². The van der Waals surface area contributed by atoms with Gasteiger partial charge in [0, 0.05) is 12.8 Å². The van der Waals surface area contributed by atoms with Gasteiger partial charge in [-0.3, -0.25) is 9.59 Å². The van der Waals surface area contributed by atoms with Crippen LogP contribution in [0.5, 0.6) is 0 Å². The molecule has 0 saturated heterocycles. The number of carboxylic acids is 1. The lowest BCUT2D eigenvalue weighted by Crippen LogP contribution is -2.40. The van der Waals surface area contributed by atoms with Gasteiger partial charge in [-0.15, -0.1) is 0 Å². The molecule has 1 N–H and O–H groups in total. The zero-order chi connectivity index (χ0) is 37.1. The highest BCUT2D eigenvalue weighted by Gasteiger charge is 2.25. The van der Waals surface area contributed by atoms with Gasteiger partial charge in [0.15, 0.2) is 6.10 Å². The molecule has 0 bridgehead atoms. The minimum absolute atomic E-state index is 0.185. The number of hydrogen-bond donors (Lipinski definition) is 1. The number of carbonyl (C=O) groups is 3. The van der Waals surface area contributed by atoms with E-state index in [-0.39, 0.29) is 32.2 Å². The second-order valence-electron chi connectivity index (χ2n) is 14.2. The number of nitrogens with zero attached hydrogens (tertiary/aromatic N) is 1. The van der Waals surface area contributed by atoms with Crippen molar-refractivity contribution < 1.29 is 42.9 Å². The largest absolute Gasteiger partial charge is 0.477 e. The summed E-state index contributed by atoms with van der Waals surface area (Å²) in [7, 11) is 5.94. The number of allylic oxidation sites excluding steroid dienone is 6. The zero-order valence-electron chi connectivity index (χ0n) is 32.5. The number of hydrogen-bond acceptors (Lipinski definition) is 7. The third-order valence-corrected chi connectivity index (χ3v) is 8.16. The number of unbranched alkanes of at least 4 members (excludes halogenated alkanes) is 14. The summed E-state index contributed by atoms with van der Waals surface area (Å²) in [5, 5.41) is 9.58. The number of carboxylic acid groups (broad SMARTS) is 1. The topological polar surface area (TPSA) is 108 Å². The van der Waals surface area contributed by atoms with E-state index in [9.17, 15) is 19.5 Å². The molecule has 290 valence electrons. The molecule has 0 radical (unpaired) electrons. The van der Waals surface area contributed by atoms with Gasteiger partial charge < -0.3 is 28.5 Å². The van der Waals surface area contributed by atoms with Crippen LogP contribution in [0.1, 0.15) is 149 Å². The molecular formula is C41H74NO8+. The van der Waals surface area contributed by atoms with E-state index in [4.69, 9.17) is 18.9 Å². The Labute approximate surface area is 305 Å². The van der Waals surface area contributed by atoms with Gasteiger partial charge in [0.1, 0.15) is 13.2 Å². The van der Waals surface area contributed by atoms with Gasteiger partial charge in [0.2, 0.25) is 0 Å². The fraction of sp³-hybridized carbons (Fsp3) is 0.780. The lowest BCUT2D eigenvalue weighted by molar-refractivity contribution is -0.870. The summed E-state index contributed by atoms with van der Waals surface area (Å²) in [5.74, 6) is -2.03. The molecule has 9 heteroatoms. The maximum absolute atomic E-state index is 12.7. The summed E-state index contributed by atoms with van der Waals surface area (Å²) in [5.41, 5.74) is 0. The Balaban J connectivity index is 4.48. The molecule has 0 aliphatic carbocycles. The van der Waals surface area contributed by atoms with Crippen molar-refractivity contribution in [2.45, 2.75) is 161 Å². The van der Waals surface area contributed by atoms with Crippen LogP contribution in [0.4, 0.5) is 0 Å². The average molecular weight is 709 g/mol. The van der Waals surface area contributed by atoms with E-state index in [0.717, 1.165) is 64.2 Å². The third kappa shape index (κ3) is 34.0. The van der Waals surface area contributed by atoms with Crippen molar-refractivity contribution in [2.75, 3.05) is 47.5 Å². The first-order valence-electron chi connectivity index (χ1n) is 19.7. The van der Waals surface area contributed by atoms with E-state index >= 15 is 0 Å². The first kappa shape index (κ1) is 47.5. The van der Waals surface area contributed by atoms with Crippen LogP contribution < -0.4 is 0 Å². The molecule has 0 aromatic rings. The molecule has 2 unspecified atom stereocenters. The summed E-state index contributed by atoms with van der Waals surface area (Å²) in [6.07, 6.45) is 32.1. The molecule has 9 nitrogen and oxygen atoms in total. The lowest BCUT2D eigenvalue weighted by atomic mass is 10.1. The SMILES string of the molecule is CC/C=C\C/C=C\C/C=C\CCCCCCCCCC(=O)OC(COC(=O)CCCCCCCCCC)COC(OCC[N+](C)(C)C)C(=O)O. The highest BCUT2D eigenvalue weighted by Crippen LogP contribution is 2.13. The van der Waals surface area contributed by atoms with Crippen LogP contribution in [0.15, 0.2) is 36.5 Å². The second kappa shape index (κ2) is 33.6. The van der Waals surface area contributed by atoms with E-state index in [0.29, 0.717) is 23.9 Å². The molecule has 0 rings (SSSR count). The minimum Gasteiger partial charge on any atom is -0.477 e. The molecular weight excluding hydrogens is 634 g/mol. The van der Waals surface area contributed by atoms with Crippen LogP contribution in [0.25, 0.3) is 0 Å².